The molecule has 0 bridgehead atoms. The van der Waals surface area contributed by atoms with E-state index in [9.17, 15) is 52.7 Å². The maximum absolute atomic E-state index is 12.8. The van der Waals surface area contributed by atoms with Crippen molar-refractivity contribution in [2.75, 3.05) is 0 Å². The molecule has 0 heterocycles. The Bertz CT molecular complexity index is 2780. The van der Waals surface area contributed by atoms with Gasteiger partial charge < -0.3 is 66.3 Å². The van der Waals surface area contributed by atoms with Gasteiger partial charge in [-0.3, -0.25) is 52.7 Å². The fourth-order valence-electron chi connectivity index (χ4n) is 5.63. The molecule has 0 aliphatic carbocycles. The molecule has 0 unspecified atom stereocenters. The summed E-state index contributed by atoms with van der Waals surface area (Å²) in [5.74, 6) is -21.2. The van der Waals surface area contributed by atoms with Crippen molar-refractivity contribution in [3.63, 3.8) is 0 Å². The summed E-state index contributed by atoms with van der Waals surface area (Å²) in [5.41, 5.74) is 0. The van der Waals surface area contributed by atoms with E-state index in [1.165, 1.54) is 0 Å². The molecule has 25 heteroatoms. The molecule has 0 saturated heterocycles. The number of hydrogen-bond acceptors (Lipinski definition) is 25. The molecule has 4 aromatic carbocycles. The number of hydrogen-bond donors (Lipinski definition) is 0. The van der Waals surface area contributed by atoms with Crippen LogP contribution in [0.3, 0.4) is 0 Å². The van der Waals surface area contributed by atoms with Gasteiger partial charge in [0, 0.05) is 119 Å². The van der Waals surface area contributed by atoms with Crippen molar-refractivity contribution in [3.8, 4) is 97.7 Å². The maximum atomic E-state index is 12.8. The first-order valence-corrected chi connectivity index (χ1v) is 20.0. The predicted octanol–water partition coefficient (Wildman–Crippen LogP) is 6.24. The van der Waals surface area contributed by atoms with Crippen molar-refractivity contribution in [3.05, 3.63) is 42.5 Å². The standard InChI is InChI=1S/C46H40O25/c1-19(47)58-30-12-35(61-22(4)50)42(36(13-30)62-23(5)51)69-31-14-37(63-24(6)52)43(38(15-31)64-25(7)53)71-40-18-39(65-26(8)54)45(46(68-29(11)57)44(40)67-28(10)56)70-32-16-33(59-20(2)48)41(66-27(9)55)34(17-32)60-21(3)49/h12-18H,1-11H3. The zero-order valence-corrected chi connectivity index (χ0v) is 39.2. The lowest BCUT2D eigenvalue weighted by Gasteiger charge is -2.22. The van der Waals surface area contributed by atoms with Crippen LogP contribution in [0, 0.1) is 0 Å². The highest BCUT2D eigenvalue weighted by atomic mass is 16.6. The van der Waals surface area contributed by atoms with Crippen molar-refractivity contribution < 1.29 is 119 Å². The van der Waals surface area contributed by atoms with Crippen molar-refractivity contribution in [1.82, 2.24) is 0 Å². The Hall–Kier alpha value is -9.55. The van der Waals surface area contributed by atoms with E-state index in [1.54, 1.807) is 0 Å². The average molecular weight is 993 g/mol. The SMILES string of the molecule is CC(=O)Oc1cc(OC(C)=O)c(Oc2cc(OC(C)=O)c(Oc3cc(OC(C)=O)c(Oc4cc(OC(C)=O)c(OC(C)=O)c(OC(C)=O)c4)c(OC(C)=O)c3OC(C)=O)c(OC(C)=O)c2)c(OC(C)=O)c1. The summed E-state index contributed by atoms with van der Waals surface area (Å²) < 4.78 is 76.5. The molecule has 4 aromatic rings. The van der Waals surface area contributed by atoms with E-state index in [2.05, 4.69) is 0 Å². The van der Waals surface area contributed by atoms with Crippen molar-refractivity contribution in [1.29, 1.82) is 0 Å². The molecule has 0 radical (unpaired) electrons. The van der Waals surface area contributed by atoms with Crippen LogP contribution in [-0.4, -0.2) is 65.7 Å². The average Bonchev–Trinajstić information content (AvgIpc) is 3.19. The van der Waals surface area contributed by atoms with Crippen molar-refractivity contribution in [2.24, 2.45) is 0 Å². The van der Waals surface area contributed by atoms with Gasteiger partial charge in [0.1, 0.15) is 17.2 Å². The molecular formula is C46H40O25. The number of esters is 11. The van der Waals surface area contributed by atoms with E-state index in [0.717, 1.165) is 119 Å². The predicted molar refractivity (Wildman–Crippen MR) is 230 cm³/mol. The largest absolute Gasteiger partial charge is 0.449 e. The van der Waals surface area contributed by atoms with E-state index in [1.807, 2.05) is 0 Å². The molecule has 374 valence electrons. The number of benzene rings is 4. The number of ether oxygens (including phenoxy) is 14. The fraction of sp³-hybridized carbons (Fsp3) is 0.239. The molecule has 0 amide bonds. The second-order valence-corrected chi connectivity index (χ2v) is 13.9. The summed E-state index contributed by atoms with van der Waals surface area (Å²) in [4.78, 5) is 136. The molecule has 0 N–H and O–H groups in total. The highest BCUT2D eigenvalue weighted by Crippen LogP contribution is 2.56. The molecular weight excluding hydrogens is 952 g/mol. The summed E-state index contributed by atoms with van der Waals surface area (Å²) >= 11 is 0. The Morgan fingerprint density at radius 2 is 0.451 bits per heavy atom. The third-order valence-electron chi connectivity index (χ3n) is 7.53. The summed E-state index contributed by atoms with van der Waals surface area (Å²) in [6.45, 7) is 10.6. The van der Waals surface area contributed by atoms with E-state index >= 15 is 0 Å². The second kappa shape index (κ2) is 23.5. The minimum absolute atomic E-state index is 0.265. The smallest absolute Gasteiger partial charge is 0.308 e. The van der Waals surface area contributed by atoms with Gasteiger partial charge in [-0.1, -0.05) is 0 Å². The highest BCUT2D eigenvalue weighted by Gasteiger charge is 2.33. The molecule has 0 fully saturated rings. The Morgan fingerprint density at radius 3 is 0.775 bits per heavy atom. The molecule has 4 rings (SSSR count). The Balaban J connectivity index is 2.10. The van der Waals surface area contributed by atoms with Crippen LogP contribution in [0.4, 0.5) is 0 Å². The van der Waals surface area contributed by atoms with Crippen molar-refractivity contribution in [2.45, 2.75) is 76.2 Å². The van der Waals surface area contributed by atoms with E-state index in [-0.39, 0.29) is 5.75 Å². The van der Waals surface area contributed by atoms with E-state index < -0.39 is 158 Å². The molecule has 25 nitrogen and oxygen atoms in total. The van der Waals surface area contributed by atoms with Crippen LogP contribution in [0.15, 0.2) is 42.5 Å². The lowest BCUT2D eigenvalue weighted by Crippen LogP contribution is -2.12. The minimum Gasteiger partial charge on any atom is -0.449 e. The van der Waals surface area contributed by atoms with Gasteiger partial charge >= 0.3 is 65.7 Å². The van der Waals surface area contributed by atoms with Gasteiger partial charge in [-0.25, -0.2) is 0 Å². The van der Waals surface area contributed by atoms with Gasteiger partial charge in [-0.05, 0) is 0 Å². The third-order valence-corrected chi connectivity index (χ3v) is 7.53. The first-order chi connectivity index (χ1) is 33.2. The molecule has 0 aliphatic heterocycles. The maximum Gasteiger partial charge on any atom is 0.308 e. The Morgan fingerprint density at radius 1 is 0.211 bits per heavy atom. The molecule has 0 aliphatic rings. The van der Waals surface area contributed by atoms with E-state index in [0.29, 0.717) is 0 Å². The lowest BCUT2D eigenvalue weighted by molar-refractivity contribution is -0.135. The lowest BCUT2D eigenvalue weighted by atomic mass is 10.2. The normalized spacial score (nSPS) is 10.2. The first-order valence-electron chi connectivity index (χ1n) is 20.0. The summed E-state index contributed by atoms with van der Waals surface area (Å²) in [7, 11) is 0. The second-order valence-electron chi connectivity index (χ2n) is 13.9. The number of carbonyl (C=O) groups excluding carboxylic acids is 11. The number of rotatable bonds is 17. The molecule has 0 spiro atoms. The summed E-state index contributed by atoms with van der Waals surface area (Å²) in [6, 6.07) is 6.67. The van der Waals surface area contributed by atoms with Gasteiger partial charge in [0.15, 0.2) is 46.0 Å². The quantitative estimate of drug-likeness (QED) is 0.0834. The van der Waals surface area contributed by atoms with Crippen LogP contribution >= 0.6 is 0 Å². The Labute approximate surface area is 400 Å². The molecule has 0 saturated carbocycles. The van der Waals surface area contributed by atoms with Gasteiger partial charge in [-0.2, -0.15) is 0 Å². The van der Waals surface area contributed by atoms with Crippen LogP contribution in [0.1, 0.15) is 76.2 Å². The molecule has 71 heavy (non-hydrogen) atoms. The van der Waals surface area contributed by atoms with Gasteiger partial charge in [0.25, 0.3) is 0 Å². The zero-order chi connectivity index (χ0) is 53.0. The Kier molecular flexibility index (Phi) is 17.9. The van der Waals surface area contributed by atoms with Crippen molar-refractivity contribution >= 4 is 65.7 Å². The monoisotopic (exact) mass is 992 g/mol. The summed E-state index contributed by atoms with van der Waals surface area (Å²) in [6.07, 6.45) is 0. The van der Waals surface area contributed by atoms with Gasteiger partial charge in [0.2, 0.25) is 34.5 Å². The fourth-order valence-corrected chi connectivity index (χ4v) is 5.63. The van der Waals surface area contributed by atoms with Gasteiger partial charge in [-0.15, -0.1) is 0 Å². The van der Waals surface area contributed by atoms with Crippen LogP contribution < -0.4 is 66.3 Å². The molecule has 0 atom stereocenters. The highest BCUT2D eigenvalue weighted by molar-refractivity contribution is 5.84. The van der Waals surface area contributed by atoms with Crippen LogP contribution in [0.2, 0.25) is 0 Å². The van der Waals surface area contributed by atoms with E-state index in [4.69, 9.17) is 66.3 Å². The zero-order valence-electron chi connectivity index (χ0n) is 39.2. The minimum atomic E-state index is -1.13. The molecule has 0 aromatic heterocycles. The first kappa shape index (κ1) is 54.1. The van der Waals surface area contributed by atoms with Crippen LogP contribution in [-0.2, 0) is 52.7 Å². The third kappa shape index (κ3) is 15.8. The number of carbonyl (C=O) groups is 11. The summed E-state index contributed by atoms with van der Waals surface area (Å²) in [5, 5.41) is 0. The topological polar surface area (TPSA) is 317 Å². The van der Waals surface area contributed by atoms with Crippen LogP contribution in [0.25, 0.3) is 0 Å². The van der Waals surface area contributed by atoms with Gasteiger partial charge in [0.05, 0.1) is 0 Å². The van der Waals surface area contributed by atoms with Crippen LogP contribution in [0.5, 0.6) is 97.7 Å².